The number of ether oxygens (including phenoxy) is 1. The van der Waals surface area contributed by atoms with Crippen LogP contribution in [0.2, 0.25) is 0 Å². The van der Waals surface area contributed by atoms with E-state index in [0.29, 0.717) is 0 Å². The Hall–Kier alpha value is -3.63. The third kappa shape index (κ3) is 4.50. The number of fused-ring (bicyclic) bond motifs is 1. The Balaban J connectivity index is 1.51. The van der Waals surface area contributed by atoms with E-state index in [4.69, 9.17) is 4.74 Å². The van der Waals surface area contributed by atoms with Crippen LogP contribution in [0.5, 0.6) is 5.75 Å². The van der Waals surface area contributed by atoms with Crippen molar-refractivity contribution in [1.82, 2.24) is 5.32 Å². The molecule has 0 radical (unpaired) electrons. The maximum absolute atomic E-state index is 12.7. The molecule has 30 heavy (non-hydrogen) atoms. The molecule has 0 heterocycles. The molecule has 1 atom stereocenters. The smallest absolute Gasteiger partial charge is 0.238 e. The Morgan fingerprint density at radius 2 is 1.47 bits per heavy atom. The van der Waals surface area contributed by atoms with E-state index in [1.54, 1.807) is 7.11 Å². The second kappa shape index (κ2) is 9.25. The van der Waals surface area contributed by atoms with Gasteiger partial charge >= 0.3 is 0 Å². The highest BCUT2D eigenvalue weighted by molar-refractivity contribution is 6.02. The van der Waals surface area contributed by atoms with Crippen molar-refractivity contribution in [1.29, 1.82) is 0 Å². The van der Waals surface area contributed by atoms with E-state index in [9.17, 15) is 4.79 Å². The molecule has 0 spiro atoms. The molecule has 4 aromatic carbocycles. The fourth-order valence-corrected chi connectivity index (χ4v) is 3.59. The summed E-state index contributed by atoms with van der Waals surface area (Å²) < 4.78 is 5.27. The third-order valence-corrected chi connectivity index (χ3v) is 5.11. The minimum atomic E-state index is -0.102. The molecule has 4 rings (SSSR count). The molecular formula is C26H24N2O2. The van der Waals surface area contributed by atoms with Crippen molar-refractivity contribution in [2.75, 3.05) is 19.0 Å². The molecule has 2 N–H and O–H groups in total. The summed E-state index contributed by atoms with van der Waals surface area (Å²) in [4.78, 5) is 12.7. The zero-order chi connectivity index (χ0) is 20.8. The molecule has 0 aliphatic carbocycles. The lowest BCUT2D eigenvalue weighted by Crippen LogP contribution is -2.32. The van der Waals surface area contributed by atoms with Gasteiger partial charge in [-0.3, -0.25) is 10.1 Å². The van der Waals surface area contributed by atoms with E-state index in [1.165, 1.54) is 0 Å². The van der Waals surface area contributed by atoms with Crippen LogP contribution in [0.15, 0.2) is 97.1 Å². The minimum Gasteiger partial charge on any atom is -0.497 e. The first kappa shape index (κ1) is 19.7. The molecule has 0 aliphatic rings. The number of benzene rings is 4. The number of anilines is 1. The van der Waals surface area contributed by atoms with Gasteiger partial charge in [0.1, 0.15) is 5.75 Å². The van der Waals surface area contributed by atoms with Crippen molar-refractivity contribution in [3.63, 3.8) is 0 Å². The zero-order valence-corrected chi connectivity index (χ0v) is 16.8. The van der Waals surface area contributed by atoms with Crippen molar-refractivity contribution < 1.29 is 9.53 Å². The molecular weight excluding hydrogens is 372 g/mol. The summed E-state index contributed by atoms with van der Waals surface area (Å²) in [6, 6.07) is 31.9. The highest BCUT2D eigenvalue weighted by Crippen LogP contribution is 2.25. The molecule has 4 nitrogen and oxygen atoms in total. The zero-order valence-electron chi connectivity index (χ0n) is 16.8. The highest BCUT2D eigenvalue weighted by atomic mass is 16.5. The fourth-order valence-electron chi connectivity index (χ4n) is 3.59. The van der Waals surface area contributed by atoms with Gasteiger partial charge in [0.05, 0.1) is 19.7 Å². The van der Waals surface area contributed by atoms with E-state index >= 15 is 0 Å². The van der Waals surface area contributed by atoms with Crippen LogP contribution >= 0.6 is 0 Å². The largest absolute Gasteiger partial charge is 0.497 e. The summed E-state index contributed by atoms with van der Waals surface area (Å²) in [7, 11) is 1.65. The van der Waals surface area contributed by atoms with E-state index < -0.39 is 0 Å². The molecule has 0 unspecified atom stereocenters. The number of methoxy groups -OCH3 is 1. The van der Waals surface area contributed by atoms with E-state index in [0.717, 1.165) is 33.3 Å². The quantitative estimate of drug-likeness (QED) is 0.453. The van der Waals surface area contributed by atoms with Crippen LogP contribution in [0.25, 0.3) is 10.8 Å². The van der Waals surface area contributed by atoms with Gasteiger partial charge in [-0.2, -0.15) is 0 Å². The van der Waals surface area contributed by atoms with Crippen molar-refractivity contribution in [2.45, 2.75) is 6.04 Å². The van der Waals surface area contributed by atoms with Crippen LogP contribution in [0, 0.1) is 0 Å². The summed E-state index contributed by atoms with van der Waals surface area (Å²) in [5, 5.41) is 8.58. The van der Waals surface area contributed by atoms with Crippen LogP contribution in [-0.4, -0.2) is 19.6 Å². The van der Waals surface area contributed by atoms with Crippen LogP contribution in [0.1, 0.15) is 17.2 Å². The molecule has 0 bridgehead atoms. The van der Waals surface area contributed by atoms with Gasteiger partial charge in [-0.05, 0) is 34.7 Å². The Morgan fingerprint density at radius 3 is 2.23 bits per heavy atom. The number of amides is 1. The predicted octanol–water partition coefficient (Wildman–Crippen LogP) is 5.17. The Morgan fingerprint density at radius 1 is 0.800 bits per heavy atom. The average molecular weight is 396 g/mol. The summed E-state index contributed by atoms with van der Waals surface area (Å²) in [6.07, 6.45) is 0. The molecule has 4 aromatic rings. The Labute approximate surface area is 176 Å². The second-order valence-corrected chi connectivity index (χ2v) is 7.07. The van der Waals surface area contributed by atoms with E-state index in [-0.39, 0.29) is 18.5 Å². The van der Waals surface area contributed by atoms with Crippen LogP contribution in [-0.2, 0) is 4.79 Å². The van der Waals surface area contributed by atoms with Gasteiger partial charge in [0.25, 0.3) is 0 Å². The second-order valence-electron chi connectivity index (χ2n) is 7.07. The SMILES string of the molecule is COc1ccc([C@H](NCC(=O)Nc2cccc3ccccc23)c2ccccc2)cc1. The number of hydrogen-bond acceptors (Lipinski definition) is 3. The lowest BCUT2D eigenvalue weighted by molar-refractivity contribution is -0.115. The molecule has 0 aliphatic heterocycles. The minimum absolute atomic E-state index is 0.0826. The molecule has 0 fully saturated rings. The third-order valence-electron chi connectivity index (χ3n) is 5.11. The molecule has 0 saturated heterocycles. The molecule has 0 saturated carbocycles. The highest BCUT2D eigenvalue weighted by Gasteiger charge is 2.15. The summed E-state index contributed by atoms with van der Waals surface area (Å²) in [5.74, 6) is 0.722. The normalized spacial score (nSPS) is 11.8. The molecule has 1 amide bonds. The van der Waals surface area contributed by atoms with Crippen LogP contribution in [0.4, 0.5) is 5.69 Å². The average Bonchev–Trinajstić information content (AvgIpc) is 2.80. The Kier molecular flexibility index (Phi) is 6.06. The number of carbonyl (C=O) groups is 1. The predicted molar refractivity (Wildman–Crippen MR) is 122 cm³/mol. The topological polar surface area (TPSA) is 50.4 Å². The maximum Gasteiger partial charge on any atom is 0.238 e. The summed E-state index contributed by atoms with van der Waals surface area (Å²) in [6.45, 7) is 0.189. The first-order valence-corrected chi connectivity index (χ1v) is 9.94. The van der Waals surface area contributed by atoms with Gasteiger partial charge in [-0.15, -0.1) is 0 Å². The van der Waals surface area contributed by atoms with Gasteiger partial charge in [0, 0.05) is 11.1 Å². The monoisotopic (exact) mass is 396 g/mol. The first-order valence-electron chi connectivity index (χ1n) is 9.94. The summed E-state index contributed by atoms with van der Waals surface area (Å²) in [5.41, 5.74) is 2.99. The van der Waals surface area contributed by atoms with Gasteiger partial charge in [0.15, 0.2) is 0 Å². The van der Waals surface area contributed by atoms with E-state index in [1.807, 2.05) is 84.9 Å². The molecule has 4 heteroatoms. The molecule has 150 valence electrons. The van der Waals surface area contributed by atoms with Gasteiger partial charge in [-0.1, -0.05) is 78.9 Å². The van der Waals surface area contributed by atoms with Crippen molar-refractivity contribution in [3.8, 4) is 5.75 Å². The van der Waals surface area contributed by atoms with E-state index in [2.05, 4.69) is 22.8 Å². The van der Waals surface area contributed by atoms with Crippen molar-refractivity contribution in [2.24, 2.45) is 0 Å². The Bertz CT molecular complexity index is 1120. The maximum atomic E-state index is 12.7. The lowest BCUT2D eigenvalue weighted by atomic mass is 9.98. The fraction of sp³-hybridized carbons (Fsp3) is 0.115. The molecule has 0 aromatic heterocycles. The van der Waals surface area contributed by atoms with Crippen LogP contribution in [0.3, 0.4) is 0 Å². The van der Waals surface area contributed by atoms with Gasteiger partial charge < -0.3 is 10.1 Å². The number of carbonyl (C=O) groups excluding carboxylic acids is 1. The standard InChI is InChI=1S/C26H24N2O2/c1-30-22-16-14-21(15-17-22)26(20-9-3-2-4-10-20)27-18-25(29)28-24-13-7-11-19-8-5-6-12-23(19)24/h2-17,26-27H,18H2,1H3,(H,28,29)/t26-/m1/s1. The van der Waals surface area contributed by atoms with Crippen molar-refractivity contribution >= 4 is 22.4 Å². The number of nitrogens with one attached hydrogen (secondary N) is 2. The number of rotatable bonds is 7. The number of hydrogen-bond donors (Lipinski definition) is 2. The van der Waals surface area contributed by atoms with Crippen LogP contribution < -0.4 is 15.4 Å². The lowest BCUT2D eigenvalue weighted by Gasteiger charge is -2.20. The van der Waals surface area contributed by atoms with Gasteiger partial charge in [-0.25, -0.2) is 0 Å². The van der Waals surface area contributed by atoms with Crippen molar-refractivity contribution in [3.05, 3.63) is 108 Å². The van der Waals surface area contributed by atoms with Gasteiger partial charge in [0.2, 0.25) is 5.91 Å². The summed E-state index contributed by atoms with van der Waals surface area (Å²) >= 11 is 0. The first-order chi connectivity index (χ1) is 14.7.